The number of anilines is 2. The van der Waals surface area contributed by atoms with Crippen molar-refractivity contribution in [2.24, 2.45) is 0 Å². The number of piperazine rings is 1. The minimum absolute atomic E-state index is 0.0175. The van der Waals surface area contributed by atoms with Gasteiger partial charge in [0.05, 0.1) is 81.7 Å². The molecule has 4 aromatic carbocycles. The van der Waals surface area contributed by atoms with Gasteiger partial charge in [0.25, 0.3) is 11.8 Å². The predicted octanol–water partition coefficient (Wildman–Crippen LogP) is 5.61. The average Bonchev–Trinajstić information content (AvgIpc) is 3.92. The zero-order valence-corrected chi connectivity index (χ0v) is 44.3. The molecule has 5 heterocycles. The largest absolute Gasteiger partial charge is 0.508 e. The number of carbonyl (C=O) groups excluding carboxylic acids is 5. The Labute approximate surface area is 455 Å². The van der Waals surface area contributed by atoms with E-state index in [0.29, 0.717) is 127 Å². The molecule has 4 aliphatic rings. The average molecular weight is 1100 g/mol. The summed E-state index contributed by atoms with van der Waals surface area (Å²) in [4.78, 5) is 79.1. The van der Waals surface area contributed by atoms with E-state index in [1.807, 2.05) is 36.1 Å². The highest BCUT2D eigenvalue weighted by Crippen LogP contribution is 2.43. The lowest BCUT2D eigenvalue weighted by Crippen LogP contribution is -2.54. The molecule has 9 rings (SSSR count). The highest BCUT2D eigenvalue weighted by Gasteiger charge is 2.45. The lowest BCUT2D eigenvalue weighted by atomic mass is 9.96. The number of nitrogens with zero attached hydrogens (tertiary/aromatic N) is 6. The number of carbonyl (C=O) groups is 5. The van der Waals surface area contributed by atoms with Crippen LogP contribution in [0.15, 0.2) is 73.3 Å². The lowest BCUT2D eigenvalue weighted by molar-refractivity contribution is -0.136. The van der Waals surface area contributed by atoms with E-state index in [-0.39, 0.29) is 69.9 Å². The molecule has 5 amide bonds. The molecule has 3 saturated heterocycles. The molecule has 1 unspecified atom stereocenters. The number of phenols is 1. The molecule has 20 nitrogen and oxygen atoms in total. The first-order valence-corrected chi connectivity index (χ1v) is 26.7. The maximum Gasteiger partial charge on any atom is 0.319 e. The molecular formula is C56H64ClFN8O12. The van der Waals surface area contributed by atoms with Gasteiger partial charge in [0, 0.05) is 75.4 Å². The molecule has 2 atom stereocenters. The van der Waals surface area contributed by atoms with E-state index in [0.717, 1.165) is 36.2 Å². The second kappa shape index (κ2) is 26.2. The Kier molecular flexibility index (Phi) is 18.8. The van der Waals surface area contributed by atoms with Gasteiger partial charge < -0.3 is 48.6 Å². The summed E-state index contributed by atoms with van der Waals surface area (Å²) in [6.45, 7) is 13.4. The van der Waals surface area contributed by atoms with Crippen LogP contribution in [0.1, 0.15) is 53.3 Å². The Balaban J connectivity index is 0.649. The second-order valence-corrected chi connectivity index (χ2v) is 19.8. The minimum Gasteiger partial charge on any atom is -0.508 e. The number of fused-ring (bicyclic) bond motifs is 3. The molecule has 414 valence electrons. The fourth-order valence-electron chi connectivity index (χ4n) is 10.3. The molecule has 4 aliphatic heterocycles. The summed E-state index contributed by atoms with van der Waals surface area (Å²) in [6.07, 6.45) is 2.85. The number of imide groups is 2. The Morgan fingerprint density at radius 1 is 0.821 bits per heavy atom. The highest BCUT2D eigenvalue weighted by atomic mass is 35.5. The Hall–Kier alpha value is -6.85. The Bertz CT molecular complexity index is 3030. The van der Waals surface area contributed by atoms with Gasteiger partial charge in [-0.3, -0.25) is 39.1 Å². The first-order valence-electron chi connectivity index (χ1n) is 26.4. The molecule has 0 radical (unpaired) electrons. The molecule has 0 spiro atoms. The molecule has 0 aliphatic carbocycles. The number of ether oxygens (including phenoxy) is 6. The summed E-state index contributed by atoms with van der Waals surface area (Å²) in [5, 5.41) is 18.0. The summed E-state index contributed by atoms with van der Waals surface area (Å²) < 4.78 is 52.2. The van der Waals surface area contributed by atoms with Gasteiger partial charge in [0.1, 0.15) is 29.2 Å². The van der Waals surface area contributed by atoms with Crippen LogP contribution in [0.5, 0.6) is 11.8 Å². The number of benzene rings is 4. The van der Waals surface area contributed by atoms with Crippen molar-refractivity contribution in [1.29, 1.82) is 0 Å². The third-order valence-corrected chi connectivity index (χ3v) is 14.4. The summed E-state index contributed by atoms with van der Waals surface area (Å²) in [5.41, 5.74) is 1.43. The van der Waals surface area contributed by atoms with E-state index in [1.54, 1.807) is 35.2 Å². The Morgan fingerprint density at radius 2 is 1.51 bits per heavy atom. The van der Waals surface area contributed by atoms with E-state index >= 15 is 4.39 Å². The van der Waals surface area contributed by atoms with Gasteiger partial charge in [-0.2, -0.15) is 9.97 Å². The van der Waals surface area contributed by atoms with E-state index in [9.17, 15) is 29.1 Å². The minimum atomic E-state index is -1.03. The van der Waals surface area contributed by atoms with Gasteiger partial charge in [-0.25, -0.2) is 4.39 Å². The third kappa shape index (κ3) is 13.2. The number of hydrogen-bond donors (Lipinski definition) is 3. The number of likely N-dealkylation sites (tertiary alicyclic amines) is 1. The molecule has 5 aromatic rings. The van der Waals surface area contributed by atoms with Crippen LogP contribution in [0.3, 0.4) is 0 Å². The lowest BCUT2D eigenvalue weighted by Gasteiger charge is -2.35. The number of phenolic OH excluding ortho intramolecular Hbond substituents is 1. The monoisotopic (exact) mass is 1090 g/mol. The predicted molar refractivity (Wildman–Crippen MR) is 288 cm³/mol. The van der Waals surface area contributed by atoms with Crippen LogP contribution in [-0.4, -0.2) is 189 Å². The van der Waals surface area contributed by atoms with Crippen LogP contribution in [0.2, 0.25) is 5.02 Å². The molecule has 1 aromatic heterocycles. The zero-order valence-electron chi connectivity index (χ0n) is 43.5. The molecule has 78 heavy (non-hydrogen) atoms. The number of hydrogen-bond acceptors (Lipinski definition) is 17. The number of rotatable bonds is 25. The molecule has 0 saturated carbocycles. The van der Waals surface area contributed by atoms with E-state index < -0.39 is 35.5 Å². The molecular weight excluding hydrogens is 1030 g/mol. The fourth-order valence-corrected chi connectivity index (χ4v) is 10.6. The number of aromatic nitrogens is 2. The number of nitrogens with one attached hydrogen (secondary N) is 2. The van der Waals surface area contributed by atoms with E-state index in [4.69, 9.17) is 45.0 Å². The van der Waals surface area contributed by atoms with Crippen LogP contribution in [-0.2, 0) is 38.1 Å². The van der Waals surface area contributed by atoms with Crippen molar-refractivity contribution in [3.05, 3.63) is 95.3 Å². The second-order valence-electron chi connectivity index (χ2n) is 19.4. The standard InChI is InChI=1S/C56H64ClFN8O12/c1-3-47(69)64-18-20-65(21-19-64)52-42-33-43(57)48(41-32-37(67)31-36-7-4-5-8-39(36)41)50(58)51(42)61-56(62-52)78-35(2)34-63-16-13-38(14-17-63)77-30-29-76-28-27-75-26-25-74-24-23-73-22-15-59-44-10-6-9-40-49(44)55(72)66(54(40)71)45-11-12-46(68)60-53(45)70/h3-10,31-33,35,38,45,59,67H,1,11-30,34H2,2H3,(H,60,68,70)/t35-,45?/m1/s1. The maximum absolute atomic E-state index is 17.1. The van der Waals surface area contributed by atoms with Crippen LogP contribution in [0.25, 0.3) is 32.8 Å². The summed E-state index contributed by atoms with van der Waals surface area (Å²) in [6, 6.07) is 16.1. The van der Waals surface area contributed by atoms with Crippen molar-refractivity contribution in [3.8, 4) is 22.9 Å². The van der Waals surface area contributed by atoms with E-state index in [1.165, 1.54) is 12.1 Å². The first kappa shape index (κ1) is 55.9. The molecule has 0 bridgehead atoms. The van der Waals surface area contributed by atoms with Gasteiger partial charge in [-0.1, -0.05) is 48.5 Å². The van der Waals surface area contributed by atoms with Gasteiger partial charge >= 0.3 is 6.01 Å². The van der Waals surface area contributed by atoms with Gasteiger partial charge in [0.15, 0.2) is 5.82 Å². The fraction of sp³-hybridized carbons (Fsp3) is 0.446. The number of halogens is 2. The molecule has 3 fully saturated rings. The van der Waals surface area contributed by atoms with Crippen molar-refractivity contribution in [2.45, 2.75) is 50.9 Å². The normalized spacial score (nSPS) is 17.7. The smallest absolute Gasteiger partial charge is 0.319 e. The molecule has 3 N–H and O–H groups in total. The van der Waals surface area contributed by atoms with Gasteiger partial charge in [0.2, 0.25) is 17.7 Å². The third-order valence-electron chi connectivity index (χ3n) is 14.1. The van der Waals surface area contributed by atoms with Gasteiger partial charge in [-0.15, -0.1) is 0 Å². The number of amides is 5. The van der Waals surface area contributed by atoms with Crippen molar-refractivity contribution in [2.75, 3.05) is 122 Å². The zero-order chi connectivity index (χ0) is 54.7. The van der Waals surface area contributed by atoms with Crippen LogP contribution in [0, 0.1) is 5.82 Å². The summed E-state index contributed by atoms with van der Waals surface area (Å²) in [7, 11) is 0. The van der Waals surface area contributed by atoms with E-state index in [2.05, 4.69) is 27.1 Å². The first-order chi connectivity index (χ1) is 37.9. The SMILES string of the molecule is C=CC(=O)N1CCN(c2nc(O[C@H](C)CN3CCC(OCCOCCOCCOCCOCCNc4cccc5c4C(=O)N(C4CCC(=O)NC4=O)C5=O)CC3)nc3c(F)c(-c4cc(O)cc5ccccc45)c(Cl)cc23)CC1. The maximum atomic E-state index is 17.1. The quantitative estimate of drug-likeness (QED) is 0.0367. The number of aromatic hydroxyl groups is 1. The van der Waals surface area contributed by atoms with Crippen LogP contribution >= 0.6 is 11.6 Å². The van der Waals surface area contributed by atoms with Crippen molar-refractivity contribution in [1.82, 2.24) is 30.0 Å². The summed E-state index contributed by atoms with van der Waals surface area (Å²) in [5.74, 6) is -2.62. The number of piperidine rings is 2. The topological polar surface area (TPSA) is 224 Å². The summed E-state index contributed by atoms with van der Waals surface area (Å²) >= 11 is 6.92. The highest BCUT2D eigenvalue weighted by molar-refractivity contribution is 6.35. The van der Waals surface area contributed by atoms with Crippen LogP contribution in [0.4, 0.5) is 15.9 Å². The Morgan fingerprint density at radius 3 is 2.22 bits per heavy atom. The van der Waals surface area contributed by atoms with Crippen molar-refractivity contribution in [3.63, 3.8) is 0 Å². The van der Waals surface area contributed by atoms with Crippen LogP contribution < -0.4 is 20.3 Å². The molecule has 22 heteroatoms. The van der Waals surface area contributed by atoms with Gasteiger partial charge in [-0.05, 0) is 78.9 Å². The van der Waals surface area contributed by atoms with Crippen molar-refractivity contribution >= 4 is 74.3 Å². The van der Waals surface area contributed by atoms with Crippen molar-refractivity contribution < 1.29 is 61.9 Å².